The summed E-state index contributed by atoms with van der Waals surface area (Å²) in [5.41, 5.74) is 2.91. The summed E-state index contributed by atoms with van der Waals surface area (Å²) in [6.07, 6.45) is 0.470. The van der Waals surface area contributed by atoms with Crippen molar-refractivity contribution in [2.75, 3.05) is 20.3 Å². The lowest BCUT2D eigenvalue weighted by Crippen LogP contribution is -2.39. The van der Waals surface area contributed by atoms with Crippen LogP contribution in [0.2, 0.25) is 5.02 Å². The van der Waals surface area contributed by atoms with Crippen molar-refractivity contribution in [2.45, 2.75) is 19.1 Å². The molecule has 1 unspecified atom stereocenters. The maximum Gasteiger partial charge on any atom is 0.248 e. The number of halogens is 1. The highest BCUT2D eigenvalue weighted by molar-refractivity contribution is 6.30. The van der Waals surface area contributed by atoms with Gasteiger partial charge in [-0.1, -0.05) is 59.2 Å². The van der Waals surface area contributed by atoms with E-state index in [9.17, 15) is 4.79 Å². The second-order valence-corrected chi connectivity index (χ2v) is 6.61. The minimum Gasteiger partial charge on any atom is -0.390 e. The summed E-state index contributed by atoms with van der Waals surface area (Å²) in [6.45, 7) is 1.02. The Labute approximate surface area is 158 Å². The Hall–Kier alpha value is -2.37. The zero-order valence-electron chi connectivity index (χ0n) is 14.6. The first-order chi connectivity index (χ1) is 12.7. The number of benzene rings is 2. The number of carbonyl (C=O) groups is 1. The molecule has 2 aromatic carbocycles. The van der Waals surface area contributed by atoms with E-state index >= 15 is 0 Å². The fourth-order valence-electron chi connectivity index (χ4n) is 2.86. The smallest absolute Gasteiger partial charge is 0.248 e. The summed E-state index contributed by atoms with van der Waals surface area (Å²) in [5.74, 6) is -0.0695. The molecule has 1 aliphatic heterocycles. The first-order valence-electron chi connectivity index (χ1n) is 8.45. The Morgan fingerprint density at radius 1 is 1.23 bits per heavy atom. The van der Waals surface area contributed by atoms with Crippen LogP contribution in [0.1, 0.15) is 17.5 Å². The average molecular weight is 373 g/mol. The van der Waals surface area contributed by atoms with Gasteiger partial charge in [-0.2, -0.15) is 0 Å². The molecule has 0 N–H and O–H groups in total. The lowest BCUT2D eigenvalue weighted by atomic mass is 10.0. The average Bonchev–Trinajstić information content (AvgIpc) is 3.11. The molecule has 0 saturated carbocycles. The molecular formula is C20H21ClN2O3. The molecule has 2 aromatic rings. The van der Waals surface area contributed by atoms with Gasteiger partial charge in [-0.05, 0) is 23.3 Å². The van der Waals surface area contributed by atoms with E-state index in [-0.39, 0.29) is 18.6 Å². The molecule has 1 amide bonds. The van der Waals surface area contributed by atoms with Gasteiger partial charge in [0.2, 0.25) is 5.91 Å². The molecule has 6 heteroatoms. The van der Waals surface area contributed by atoms with Gasteiger partial charge in [0.25, 0.3) is 0 Å². The molecule has 26 heavy (non-hydrogen) atoms. The van der Waals surface area contributed by atoms with Crippen molar-refractivity contribution in [2.24, 2.45) is 5.16 Å². The third-order valence-corrected chi connectivity index (χ3v) is 4.42. The van der Waals surface area contributed by atoms with E-state index in [1.807, 2.05) is 54.6 Å². The predicted octanol–water partition coefficient (Wildman–Crippen LogP) is 3.51. The quantitative estimate of drug-likeness (QED) is 0.747. The maximum absolute atomic E-state index is 12.4. The van der Waals surface area contributed by atoms with Gasteiger partial charge in [0.05, 0.1) is 12.3 Å². The zero-order valence-corrected chi connectivity index (χ0v) is 15.4. The van der Waals surface area contributed by atoms with Crippen molar-refractivity contribution >= 4 is 23.2 Å². The van der Waals surface area contributed by atoms with Crippen LogP contribution < -0.4 is 0 Å². The van der Waals surface area contributed by atoms with Gasteiger partial charge in [0.1, 0.15) is 6.61 Å². The van der Waals surface area contributed by atoms with Crippen LogP contribution in [0.5, 0.6) is 0 Å². The molecule has 0 aromatic heterocycles. The number of hydrogen-bond donors (Lipinski definition) is 0. The predicted molar refractivity (Wildman–Crippen MR) is 101 cm³/mol. The van der Waals surface area contributed by atoms with Gasteiger partial charge >= 0.3 is 0 Å². The number of oxime groups is 1. The third-order valence-electron chi connectivity index (χ3n) is 4.17. The molecule has 1 heterocycles. The van der Waals surface area contributed by atoms with E-state index < -0.39 is 0 Å². The van der Waals surface area contributed by atoms with Gasteiger partial charge in [-0.15, -0.1) is 0 Å². The second-order valence-electron chi connectivity index (χ2n) is 6.17. The Morgan fingerprint density at radius 3 is 2.65 bits per heavy atom. The summed E-state index contributed by atoms with van der Waals surface area (Å²) < 4.78 is 5.02. The first-order valence-corrected chi connectivity index (χ1v) is 8.83. The summed E-state index contributed by atoms with van der Waals surface area (Å²) in [7, 11) is 1.52. The molecule has 0 bridgehead atoms. The van der Waals surface area contributed by atoms with Crippen molar-refractivity contribution in [1.82, 2.24) is 4.90 Å². The summed E-state index contributed by atoms with van der Waals surface area (Å²) in [4.78, 5) is 19.7. The largest absolute Gasteiger partial charge is 0.390 e. The van der Waals surface area contributed by atoms with Crippen molar-refractivity contribution in [1.29, 1.82) is 0 Å². The maximum atomic E-state index is 12.4. The SMILES string of the molecule is COCC(=O)N(Cc1ccccc1)CC1CC(c2ccc(Cl)cc2)=NO1. The number of methoxy groups -OCH3 is 1. The lowest BCUT2D eigenvalue weighted by molar-refractivity contribution is -0.137. The Morgan fingerprint density at radius 2 is 1.96 bits per heavy atom. The van der Waals surface area contributed by atoms with Crippen molar-refractivity contribution in [3.63, 3.8) is 0 Å². The van der Waals surface area contributed by atoms with Crippen LogP contribution in [0.4, 0.5) is 0 Å². The molecule has 5 nitrogen and oxygen atoms in total. The second kappa shape index (κ2) is 8.83. The minimum absolute atomic E-state index is 0.0461. The van der Waals surface area contributed by atoms with Gasteiger partial charge in [-0.3, -0.25) is 4.79 Å². The van der Waals surface area contributed by atoms with Gasteiger partial charge in [0.15, 0.2) is 6.10 Å². The standard InChI is InChI=1S/C20H21ClN2O3/c1-25-14-20(24)23(12-15-5-3-2-4-6-15)13-18-11-19(22-26-18)16-7-9-17(21)10-8-16/h2-10,18H,11-14H2,1H3. The Bertz CT molecular complexity index is 762. The lowest BCUT2D eigenvalue weighted by Gasteiger charge is -2.24. The van der Waals surface area contributed by atoms with E-state index in [2.05, 4.69) is 5.16 Å². The summed E-state index contributed by atoms with van der Waals surface area (Å²) >= 11 is 5.93. The molecule has 0 aliphatic carbocycles. The van der Waals surface area contributed by atoms with E-state index in [4.69, 9.17) is 21.2 Å². The molecule has 1 atom stereocenters. The number of ether oxygens (including phenoxy) is 1. The van der Waals surface area contributed by atoms with Crippen LogP contribution >= 0.6 is 11.6 Å². The van der Waals surface area contributed by atoms with Crippen LogP contribution in [-0.4, -0.2) is 42.9 Å². The highest BCUT2D eigenvalue weighted by atomic mass is 35.5. The zero-order chi connectivity index (χ0) is 18.4. The van der Waals surface area contributed by atoms with Crippen molar-refractivity contribution in [3.8, 4) is 0 Å². The van der Waals surface area contributed by atoms with E-state index in [1.165, 1.54) is 7.11 Å². The number of carbonyl (C=O) groups excluding carboxylic acids is 1. The van der Waals surface area contributed by atoms with Crippen LogP contribution in [0.3, 0.4) is 0 Å². The summed E-state index contributed by atoms with van der Waals surface area (Å²) in [5, 5.41) is 4.87. The van der Waals surface area contributed by atoms with E-state index in [0.29, 0.717) is 24.5 Å². The number of nitrogens with zero attached hydrogens (tertiary/aromatic N) is 2. The van der Waals surface area contributed by atoms with Gasteiger partial charge in [0, 0.05) is 25.1 Å². The monoisotopic (exact) mass is 372 g/mol. The van der Waals surface area contributed by atoms with E-state index in [0.717, 1.165) is 16.8 Å². The molecule has 3 rings (SSSR count). The fraction of sp³-hybridized carbons (Fsp3) is 0.300. The number of amides is 1. The minimum atomic E-state index is -0.176. The van der Waals surface area contributed by atoms with Crippen LogP contribution in [0, 0.1) is 0 Å². The van der Waals surface area contributed by atoms with E-state index in [1.54, 1.807) is 4.90 Å². The van der Waals surface area contributed by atoms with Crippen LogP contribution in [0.25, 0.3) is 0 Å². The number of hydrogen-bond acceptors (Lipinski definition) is 4. The molecule has 0 radical (unpaired) electrons. The molecular weight excluding hydrogens is 352 g/mol. The Balaban J connectivity index is 1.64. The first kappa shape index (κ1) is 18.4. The van der Waals surface area contributed by atoms with Crippen molar-refractivity contribution < 1.29 is 14.4 Å². The third kappa shape index (κ3) is 4.84. The van der Waals surface area contributed by atoms with Crippen LogP contribution in [0.15, 0.2) is 59.8 Å². The topological polar surface area (TPSA) is 51.1 Å². The molecule has 136 valence electrons. The number of rotatable bonds is 7. The highest BCUT2D eigenvalue weighted by Crippen LogP contribution is 2.20. The van der Waals surface area contributed by atoms with Crippen molar-refractivity contribution in [3.05, 3.63) is 70.7 Å². The summed E-state index contributed by atoms with van der Waals surface area (Å²) in [6, 6.07) is 17.4. The Kier molecular flexibility index (Phi) is 6.26. The molecule has 0 fully saturated rings. The fourth-order valence-corrected chi connectivity index (χ4v) is 2.98. The highest BCUT2D eigenvalue weighted by Gasteiger charge is 2.26. The van der Waals surface area contributed by atoms with Gasteiger partial charge in [-0.25, -0.2) is 0 Å². The molecule has 0 spiro atoms. The molecule has 0 saturated heterocycles. The molecule has 1 aliphatic rings. The van der Waals surface area contributed by atoms with Gasteiger partial charge < -0.3 is 14.5 Å². The van der Waals surface area contributed by atoms with Crippen LogP contribution in [-0.2, 0) is 20.9 Å². The normalized spacial score (nSPS) is 16.1.